The molecule has 0 aliphatic carbocycles. The number of aromatic nitrogens is 1. The molecule has 1 heterocycles. The third-order valence-corrected chi connectivity index (χ3v) is 3.87. The van der Waals surface area contributed by atoms with Gasteiger partial charge in [0.2, 0.25) is 0 Å². The predicted octanol–water partition coefficient (Wildman–Crippen LogP) is 6.41. The van der Waals surface area contributed by atoms with E-state index in [4.69, 9.17) is 44.3 Å². The lowest BCUT2D eigenvalue weighted by Gasteiger charge is -2.10. The number of hydrogen-bond donors (Lipinski definition) is 0. The van der Waals surface area contributed by atoms with Crippen LogP contribution in [0.15, 0.2) is 60.8 Å². The molecule has 0 radical (unpaired) electrons. The Kier molecular flexibility index (Phi) is 5.46. The normalized spacial score (nSPS) is 10.5. The lowest BCUT2D eigenvalue weighted by Crippen LogP contribution is -1.96. The highest BCUT2D eigenvalue weighted by molar-refractivity contribution is 6.32. The number of rotatable bonds is 5. The summed E-state index contributed by atoms with van der Waals surface area (Å²) < 4.78 is 11.4. The molecule has 0 amide bonds. The molecule has 3 rings (SSSR count). The van der Waals surface area contributed by atoms with E-state index >= 15 is 0 Å². The molecule has 0 fully saturated rings. The Hall–Kier alpha value is -1.94. The van der Waals surface area contributed by atoms with Crippen LogP contribution < -0.4 is 9.47 Å². The summed E-state index contributed by atoms with van der Waals surface area (Å²) in [5.41, 5.74) is 0.898. The zero-order valence-corrected chi connectivity index (χ0v) is 14.6. The third kappa shape index (κ3) is 4.54. The summed E-state index contributed by atoms with van der Waals surface area (Å²) in [6.07, 6.45) is 1.66. The topological polar surface area (TPSA) is 31.4 Å². The number of hydrogen-bond acceptors (Lipinski definition) is 3. The molecule has 0 aliphatic heterocycles. The van der Waals surface area contributed by atoms with Gasteiger partial charge in [-0.25, -0.2) is 4.98 Å². The van der Waals surface area contributed by atoms with E-state index in [1.54, 1.807) is 42.6 Å². The zero-order chi connectivity index (χ0) is 16.9. The Morgan fingerprint density at radius 2 is 1.71 bits per heavy atom. The predicted molar refractivity (Wildman–Crippen MR) is 96.6 cm³/mol. The minimum absolute atomic E-state index is 0.346. The lowest BCUT2D eigenvalue weighted by molar-refractivity contribution is 0.305. The Labute approximate surface area is 154 Å². The molecular formula is C18H12Cl3NO2. The smallest absolute Gasteiger partial charge is 0.138 e. The Bertz CT molecular complexity index is 838. The summed E-state index contributed by atoms with van der Waals surface area (Å²) in [7, 11) is 0. The van der Waals surface area contributed by atoms with Gasteiger partial charge in [0, 0.05) is 22.8 Å². The van der Waals surface area contributed by atoms with Gasteiger partial charge in [-0.05, 0) is 36.4 Å². The maximum absolute atomic E-state index is 6.25. The average Bonchev–Trinajstić information content (AvgIpc) is 2.56. The van der Waals surface area contributed by atoms with E-state index in [1.165, 1.54) is 0 Å². The standard InChI is InChI=1S/C18H12Cl3NO2/c19-13-2-1-3-14(8-13)24-15-5-6-17(16(20)9-15)23-11-12-4-7-18(21)22-10-12/h1-10H,11H2. The second-order valence-corrected chi connectivity index (χ2v) is 6.16. The number of ether oxygens (including phenoxy) is 2. The Morgan fingerprint density at radius 1 is 0.875 bits per heavy atom. The van der Waals surface area contributed by atoms with Crippen LogP contribution in [0, 0.1) is 0 Å². The van der Waals surface area contributed by atoms with Gasteiger partial charge in [0.15, 0.2) is 0 Å². The lowest BCUT2D eigenvalue weighted by atomic mass is 10.3. The fourth-order valence-electron chi connectivity index (χ4n) is 1.98. The van der Waals surface area contributed by atoms with Crippen LogP contribution in [-0.2, 0) is 6.61 Å². The fourth-order valence-corrected chi connectivity index (χ4v) is 2.50. The highest BCUT2D eigenvalue weighted by atomic mass is 35.5. The van der Waals surface area contributed by atoms with Gasteiger partial charge in [-0.2, -0.15) is 0 Å². The van der Waals surface area contributed by atoms with Crippen molar-refractivity contribution in [3.8, 4) is 17.2 Å². The SMILES string of the molecule is Clc1cccc(Oc2ccc(OCc3ccc(Cl)nc3)c(Cl)c2)c1. The van der Waals surface area contributed by atoms with Gasteiger partial charge < -0.3 is 9.47 Å². The third-order valence-electron chi connectivity index (χ3n) is 3.12. The monoisotopic (exact) mass is 379 g/mol. The van der Waals surface area contributed by atoms with Gasteiger partial charge in [-0.3, -0.25) is 0 Å². The van der Waals surface area contributed by atoms with Crippen LogP contribution >= 0.6 is 34.8 Å². The molecule has 0 bridgehead atoms. The summed E-state index contributed by atoms with van der Waals surface area (Å²) in [6.45, 7) is 0.346. The highest BCUT2D eigenvalue weighted by Crippen LogP contribution is 2.32. The van der Waals surface area contributed by atoms with Gasteiger partial charge in [0.1, 0.15) is 29.0 Å². The first-order valence-electron chi connectivity index (χ1n) is 7.06. The summed E-state index contributed by atoms with van der Waals surface area (Å²) in [5, 5.41) is 1.51. The van der Waals surface area contributed by atoms with E-state index in [1.807, 2.05) is 18.2 Å². The first-order chi connectivity index (χ1) is 11.6. The average molecular weight is 381 g/mol. The number of pyridine rings is 1. The first-order valence-corrected chi connectivity index (χ1v) is 8.20. The van der Waals surface area contributed by atoms with E-state index in [9.17, 15) is 0 Å². The molecular weight excluding hydrogens is 369 g/mol. The zero-order valence-electron chi connectivity index (χ0n) is 12.4. The molecule has 1 aromatic heterocycles. The van der Waals surface area contributed by atoms with Crippen LogP contribution in [0.25, 0.3) is 0 Å². The summed E-state index contributed by atoms with van der Waals surface area (Å²) >= 11 is 17.9. The van der Waals surface area contributed by atoms with E-state index < -0.39 is 0 Å². The quantitative estimate of drug-likeness (QED) is 0.479. The van der Waals surface area contributed by atoms with Crippen LogP contribution in [0.5, 0.6) is 17.2 Å². The number of nitrogens with zero attached hydrogens (tertiary/aromatic N) is 1. The molecule has 0 aliphatic rings. The minimum atomic E-state index is 0.346. The van der Waals surface area contributed by atoms with Gasteiger partial charge in [0.05, 0.1) is 5.02 Å². The van der Waals surface area contributed by atoms with Gasteiger partial charge >= 0.3 is 0 Å². The van der Waals surface area contributed by atoms with Gasteiger partial charge in [-0.1, -0.05) is 46.9 Å². The van der Waals surface area contributed by atoms with Crippen molar-refractivity contribution in [2.24, 2.45) is 0 Å². The summed E-state index contributed by atoms with van der Waals surface area (Å²) in [5.74, 6) is 1.80. The fraction of sp³-hybridized carbons (Fsp3) is 0.0556. The molecule has 3 aromatic rings. The van der Waals surface area contributed by atoms with Crippen LogP contribution in [0.4, 0.5) is 0 Å². The Morgan fingerprint density at radius 3 is 2.42 bits per heavy atom. The molecule has 24 heavy (non-hydrogen) atoms. The van der Waals surface area contributed by atoms with Crippen LogP contribution in [-0.4, -0.2) is 4.98 Å². The van der Waals surface area contributed by atoms with Crippen LogP contribution in [0.1, 0.15) is 5.56 Å². The van der Waals surface area contributed by atoms with Gasteiger partial charge in [-0.15, -0.1) is 0 Å². The van der Waals surface area contributed by atoms with E-state index in [0.717, 1.165) is 5.56 Å². The molecule has 3 nitrogen and oxygen atoms in total. The number of halogens is 3. The van der Waals surface area contributed by atoms with Crippen molar-refractivity contribution in [1.82, 2.24) is 4.98 Å². The summed E-state index contributed by atoms with van der Waals surface area (Å²) in [4.78, 5) is 4.00. The Balaban J connectivity index is 1.67. The van der Waals surface area contributed by atoms with Crippen molar-refractivity contribution < 1.29 is 9.47 Å². The van der Waals surface area contributed by atoms with Crippen molar-refractivity contribution in [2.75, 3.05) is 0 Å². The molecule has 6 heteroatoms. The summed E-state index contributed by atoms with van der Waals surface area (Å²) in [6, 6.07) is 15.9. The highest BCUT2D eigenvalue weighted by Gasteiger charge is 2.06. The molecule has 0 unspecified atom stereocenters. The minimum Gasteiger partial charge on any atom is -0.487 e. The van der Waals surface area contributed by atoms with Crippen LogP contribution in [0.2, 0.25) is 15.2 Å². The van der Waals surface area contributed by atoms with E-state index in [2.05, 4.69) is 4.98 Å². The largest absolute Gasteiger partial charge is 0.487 e. The maximum Gasteiger partial charge on any atom is 0.138 e. The second-order valence-electron chi connectivity index (χ2n) is 4.93. The molecule has 0 spiro atoms. The van der Waals surface area contributed by atoms with E-state index in [-0.39, 0.29) is 0 Å². The van der Waals surface area contributed by atoms with Crippen molar-refractivity contribution >= 4 is 34.8 Å². The van der Waals surface area contributed by atoms with Crippen LogP contribution in [0.3, 0.4) is 0 Å². The second kappa shape index (κ2) is 7.75. The van der Waals surface area contributed by atoms with E-state index in [0.29, 0.717) is 39.1 Å². The molecule has 0 atom stereocenters. The maximum atomic E-state index is 6.25. The van der Waals surface area contributed by atoms with Crippen molar-refractivity contribution in [3.05, 3.63) is 81.6 Å². The number of benzene rings is 2. The molecule has 0 saturated heterocycles. The molecule has 122 valence electrons. The molecule has 0 N–H and O–H groups in total. The first kappa shape index (κ1) is 16.9. The van der Waals surface area contributed by atoms with Crippen molar-refractivity contribution in [3.63, 3.8) is 0 Å². The van der Waals surface area contributed by atoms with Crippen molar-refractivity contribution in [2.45, 2.75) is 6.61 Å². The molecule has 2 aromatic carbocycles. The molecule has 0 saturated carbocycles. The van der Waals surface area contributed by atoms with Gasteiger partial charge in [0.25, 0.3) is 0 Å². The van der Waals surface area contributed by atoms with Crippen molar-refractivity contribution in [1.29, 1.82) is 0 Å².